The molecule has 0 spiro atoms. The Hall–Kier alpha value is -3.36. The number of rotatable bonds is 5. The predicted molar refractivity (Wildman–Crippen MR) is 125 cm³/mol. The molecule has 32 heavy (non-hydrogen) atoms. The first-order valence-corrected chi connectivity index (χ1v) is 10.9. The van der Waals surface area contributed by atoms with E-state index < -0.39 is 0 Å². The molecule has 0 bridgehead atoms. The lowest BCUT2D eigenvalue weighted by molar-refractivity contribution is -0.113. The topological polar surface area (TPSA) is 48.0 Å². The van der Waals surface area contributed by atoms with Gasteiger partial charge >= 0.3 is 0 Å². The molecule has 2 heterocycles. The van der Waals surface area contributed by atoms with Gasteiger partial charge in [-0.1, -0.05) is 54.3 Å². The van der Waals surface area contributed by atoms with E-state index in [9.17, 15) is 9.18 Å². The van der Waals surface area contributed by atoms with Crippen LogP contribution in [-0.4, -0.2) is 17.0 Å². The molecule has 1 amide bonds. The number of benzene rings is 3. The third-order valence-corrected chi connectivity index (χ3v) is 6.22. The average Bonchev–Trinajstić information content (AvgIpc) is 3.37. The number of hydrogen-bond donors (Lipinski definition) is 0. The van der Waals surface area contributed by atoms with Gasteiger partial charge in [-0.05, 0) is 42.0 Å². The molecule has 0 radical (unpaired) electrons. The fourth-order valence-corrected chi connectivity index (χ4v) is 4.64. The fraction of sp³-hybridized carbons (Fsp3) is 0.0833. The number of nitrogens with zero attached hydrogens (tertiary/aromatic N) is 1. The number of carbonyl (C=O) groups excluding carboxylic acids is 1. The van der Waals surface area contributed by atoms with Crippen molar-refractivity contribution in [2.45, 2.75) is 6.61 Å². The second kappa shape index (κ2) is 8.64. The van der Waals surface area contributed by atoms with Crippen LogP contribution >= 0.6 is 24.0 Å². The Kier molecular flexibility index (Phi) is 5.55. The van der Waals surface area contributed by atoms with E-state index >= 15 is 0 Å². The van der Waals surface area contributed by atoms with E-state index in [2.05, 4.69) is 0 Å². The van der Waals surface area contributed by atoms with Gasteiger partial charge in [-0.2, -0.15) is 0 Å². The lowest BCUT2D eigenvalue weighted by Crippen LogP contribution is -2.27. The number of amides is 1. The normalized spacial score (nSPS) is 16.2. The summed E-state index contributed by atoms with van der Waals surface area (Å²) in [5.74, 6) is 1.28. The van der Waals surface area contributed by atoms with Gasteiger partial charge < -0.3 is 14.2 Å². The second-order valence-corrected chi connectivity index (χ2v) is 8.68. The molecule has 1 saturated heterocycles. The molecular weight excluding hydrogens is 449 g/mol. The number of anilines is 1. The molecule has 0 unspecified atom stereocenters. The number of thiocarbonyl (C=S) groups is 1. The van der Waals surface area contributed by atoms with Gasteiger partial charge in [0.15, 0.2) is 15.8 Å². The Morgan fingerprint density at radius 1 is 1.06 bits per heavy atom. The second-order valence-electron chi connectivity index (χ2n) is 7.01. The molecule has 8 heteroatoms. The van der Waals surface area contributed by atoms with E-state index in [-0.39, 0.29) is 25.1 Å². The molecule has 0 aliphatic carbocycles. The first-order chi connectivity index (χ1) is 15.6. The summed E-state index contributed by atoms with van der Waals surface area (Å²) in [5, 5.41) is 0. The first kappa shape index (κ1) is 20.5. The zero-order valence-electron chi connectivity index (χ0n) is 16.6. The fourth-order valence-electron chi connectivity index (χ4n) is 3.34. The zero-order valence-corrected chi connectivity index (χ0v) is 18.3. The van der Waals surface area contributed by atoms with Gasteiger partial charge in [0, 0.05) is 11.6 Å². The largest absolute Gasteiger partial charge is 0.489 e. The molecule has 2 aliphatic heterocycles. The van der Waals surface area contributed by atoms with Gasteiger partial charge in [0.25, 0.3) is 5.91 Å². The van der Waals surface area contributed by atoms with Gasteiger partial charge in [-0.15, -0.1) is 0 Å². The monoisotopic (exact) mass is 465 g/mol. The summed E-state index contributed by atoms with van der Waals surface area (Å²) < 4.78 is 30.7. The van der Waals surface area contributed by atoms with Gasteiger partial charge in [-0.25, -0.2) is 4.39 Å². The zero-order chi connectivity index (χ0) is 22.1. The first-order valence-electron chi connectivity index (χ1n) is 9.72. The highest BCUT2D eigenvalue weighted by atomic mass is 32.2. The summed E-state index contributed by atoms with van der Waals surface area (Å²) in [7, 11) is 0. The number of ether oxygens (including phenoxy) is 3. The van der Waals surface area contributed by atoms with Crippen molar-refractivity contribution in [3.8, 4) is 17.2 Å². The van der Waals surface area contributed by atoms with E-state index in [4.69, 9.17) is 26.4 Å². The van der Waals surface area contributed by atoms with Crippen LogP contribution in [0.4, 0.5) is 10.1 Å². The van der Waals surface area contributed by atoms with Crippen LogP contribution in [0.5, 0.6) is 17.2 Å². The lowest BCUT2D eigenvalue weighted by atomic mass is 10.2. The van der Waals surface area contributed by atoms with E-state index in [0.29, 0.717) is 37.7 Å². The smallest absolute Gasteiger partial charge is 0.270 e. The Balaban J connectivity index is 1.34. The third-order valence-electron chi connectivity index (χ3n) is 4.92. The lowest BCUT2D eigenvalue weighted by Gasteiger charge is -2.14. The van der Waals surface area contributed by atoms with E-state index in [1.807, 2.05) is 12.1 Å². The summed E-state index contributed by atoms with van der Waals surface area (Å²) in [6, 6.07) is 19.0. The molecular formula is C24H16FNO4S2. The molecule has 0 saturated carbocycles. The highest BCUT2D eigenvalue weighted by Gasteiger charge is 2.34. The van der Waals surface area contributed by atoms with Crippen LogP contribution in [0, 0.1) is 5.82 Å². The SMILES string of the molecule is O=C1/C(=C\c2cccc(OCc3ccccc3F)c2)SC(=S)N1c1ccc2c(c1)OCO2. The highest BCUT2D eigenvalue weighted by molar-refractivity contribution is 8.27. The van der Waals surface area contributed by atoms with Gasteiger partial charge in [0.05, 0.1) is 10.6 Å². The van der Waals surface area contributed by atoms with Crippen molar-refractivity contribution < 1.29 is 23.4 Å². The van der Waals surface area contributed by atoms with E-state index in [1.54, 1.807) is 54.6 Å². The van der Waals surface area contributed by atoms with Crippen molar-refractivity contribution in [3.63, 3.8) is 0 Å². The molecule has 0 N–H and O–H groups in total. The molecule has 3 aromatic carbocycles. The molecule has 5 nitrogen and oxygen atoms in total. The maximum atomic E-state index is 13.8. The molecule has 160 valence electrons. The van der Waals surface area contributed by atoms with Gasteiger partial charge in [0.2, 0.25) is 6.79 Å². The summed E-state index contributed by atoms with van der Waals surface area (Å²) in [5.41, 5.74) is 1.88. The minimum Gasteiger partial charge on any atom is -0.489 e. The van der Waals surface area contributed by atoms with Crippen molar-refractivity contribution in [1.82, 2.24) is 0 Å². The van der Waals surface area contributed by atoms with Crippen molar-refractivity contribution in [2.75, 3.05) is 11.7 Å². The summed E-state index contributed by atoms with van der Waals surface area (Å²) in [6.07, 6.45) is 1.77. The Bertz CT molecular complexity index is 1260. The third kappa shape index (κ3) is 4.06. The number of hydrogen-bond acceptors (Lipinski definition) is 6. The molecule has 1 fully saturated rings. The number of fused-ring (bicyclic) bond motifs is 1. The molecule has 2 aliphatic rings. The maximum absolute atomic E-state index is 13.8. The summed E-state index contributed by atoms with van der Waals surface area (Å²) >= 11 is 6.68. The Morgan fingerprint density at radius 3 is 2.78 bits per heavy atom. The van der Waals surface area contributed by atoms with Gasteiger partial charge in [0.1, 0.15) is 18.2 Å². The van der Waals surface area contributed by atoms with Crippen LogP contribution in [-0.2, 0) is 11.4 Å². The maximum Gasteiger partial charge on any atom is 0.270 e. The van der Waals surface area contributed by atoms with Gasteiger partial charge in [-0.3, -0.25) is 9.69 Å². The molecule has 0 aromatic heterocycles. The Labute approximate surface area is 193 Å². The minimum atomic E-state index is -0.309. The molecule has 3 aromatic rings. The molecule has 5 rings (SSSR count). The summed E-state index contributed by atoms with van der Waals surface area (Å²) in [4.78, 5) is 15.0. The van der Waals surface area contributed by atoms with Crippen LogP contribution < -0.4 is 19.1 Å². The predicted octanol–water partition coefficient (Wildman–Crippen LogP) is 5.54. The van der Waals surface area contributed by atoms with Crippen LogP contribution in [0.2, 0.25) is 0 Å². The van der Waals surface area contributed by atoms with E-state index in [0.717, 1.165) is 5.56 Å². The van der Waals surface area contributed by atoms with Crippen LogP contribution in [0.15, 0.2) is 71.6 Å². The van der Waals surface area contributed by atoms with Crippen LogP contribution in [0.3, 0.4) is 0 Å². The number of carbonyl (C=O) groups is 1. The van der Waals surface area contributed by atoms with Crippen molar-refractivity contribution in [3.05, 3.63) is 88.6 Å². The standard InChI is InChI=1S/C24H16FNO4S2/c25-19-7-2-1-5-16(19)13-28-18-6-3-4-15(10-18)11-22-23(27)26(24(31)32-22)17-8-9-20-21(12-17)30-14-29-20/h1-12H,13-14H2/b22-11+. The van der Waals surface area contributed by atoms with Crippen molar-refractivity contribution in [1.29, 1.82) is 0 Å². The molecule has 0 atom stereocenters. The van der Waals surface area contributed by atoms with Crippen molar-refractivity contribution >= 4 is 46.0 Å². The van der Waals surface area contributed by atoms with Crippen molar-refractivity contribution in [2.24, 2.45) is 0 Å². The number of halogens is 1. The van der Waals surface area contributed by atoms with Crippen LogP contribution in [0.25, 0.3) is 6.08 Å². The Morgan fingerprint density at radius 2 is 1.91 bits per heavy atom. The average molecular weight is 466 g/mol. The highest BCUT2D eigenvalue weighted by Crippen LogP contribution is 2.40. The quantitative estimate of drug-likeness (QED) is 0.364. The number of thioether (sulfide) groups is 1. The van der Waals surface area contributed by atoms with E-state index in [1.165, 1.54) is 22.7 Å². The minimum absolute atomic E-state index is 0.113. The van der Waals surface area contributed by atoms with Crippen LogP contribution in [0.1, 0.15) is 11.1 Å². The summed E-state index contributed by atoms with van der Waals surface area (Å²) in [6.45, 7) is 0.273.